The van der Waals surface area contributed by atoms with Crippen molar-refractivity contribution in [2.45, 2.75) is 57.5 Å². The second kappa shape index (κ2) is 8.59. The molecule has 2 rings (SSSR count). The van der Waals surface area contributed by atoms with Crippen LogP contribution in [0.3, 0.4) is 0 Å². The Kier molecular flexibility index (Phi) is 7.46. The predicted octanol–water partition coefficient (Wildman–Crippen LogP) is 1.31. The molecule has 5 nitrogen and oxygen atoms in total. The number of likely N-dealkylation sites (tertiary alicyclic amines) is 1. The van der Waals surface area contributed by atoms with Gasteiger partial charge in [0, 0.05) is 26.1 Å². The normalized spacial score (nSPS) is 21.7. The maximum Gasteiger partial charge on any atom is 0.245 e. The van der Waals surface area contributed by atoms with Crippen molar-refractivity contribution >= 4 is 24.2 Å². The van der Waals surface area contributed by atoms with E-state index in [0.717, 1.165) is 38.8 Å². The van der Waals surface area contributed by atoms with E-state index < -0.39 is 0 Å². The van der Waals surface area contributed by atoms with Gasteiger partial charge in [0.2, 0.25) is 11.8 Å². The standard InChI is InChI=1S/C15H27N3O2.ClH/c1-11(19)17-14(12-5-3-4-6-12)15(20)18-9-7-13(16-2)8-10-18;/h12-14,16H,3-10H2,1-2H3,(H,17,19);1H. The number of nitrogens with zero attached hydrogens (tertiary/aromatic N) is 1. The molecule has 1 heterocycles. The lowest BCUT2D eigenvalue weighted by Gasteiger charge is -2.35. The first kappa shape index (κ1) is 18.2. The molecule has 2 fully saturated rings. The van der Waals surface area contributed by atoms with E-state index in [4.69, 9.17) is 0 Å². The summed E-state index contributed by atoms with van der Waals surface area (Å²) in [6, 6.07) is 0.214. The molecule has 6 heteroatoms. The summed E-state index contributed by atoms with van der Waals surface area (Å²) in [6.07, 6.45) is 6.47. The van der Waals surface area contributed by atoms with Crippen molar-refractivity contribution in [1.82, 2.24) is 15.5 Å². The quantitative estimate of drug-likeness (QED) is 0.822. The third-order valence-corrected chi connectivity index (χ3v) is 4.71. The highest BCUT2D eigenvalue weighted by Gasteiger charge is 2.35. The maximum atomic E-state index is 12.7. The summed E-state index contributed by atoms with van der Waals surface area (Å²) < 4.78 is 0. The lowest BCUT2D eigenvalue weighted by molar-refractivity contribution is -0.138. The fraction of sp³-hybridized carbons (Fsp3) is 0.867. The van der Waals surface area contributed by atoms with Gasteiger partial charge in [-0.15, -0.1) is 12.4 Å². The molecule has 0 radical (unpaired) electrons. The molecule has 2 amide bonds. The molecule has 0 spiro atoms. The summed E-state index contributed by atoms with van der Waals surface area (Å²) in [7, 11) is 1.97. The van der Waals surface area contributed by atoms with E-state index in [1.54, 1.807) is 0 Å². The zero-order chi connectivity index (χ0) is 14.5. The highest BCUT2D eigenvalue weighted by molar-refractivity contribution is 5.87. The summed E-state index contributed by atoms with van der Waals surface area (Å²) in [4.78, 5) is 26.0. The van der Waals surface area contributed by atoms with Crippen molar-refractivity contribution in [2.24, 2.45) is 5.92 Å². The minimum absolute atomic E-state index is 0. The molecule has 2 N–H and O–H groups in total. The highest BCUT2D eigenvalue weighted by Crippen LogP contribution is 2.29. The number of carbonyl (C=O) groups excluding carboxylic acids is 2. The zero-order valence-electron chi connectivity index (χ0n) is 13.1. The minimum atomic E-state index is -0.305. The first-order valence-corrected chi connectivity index (χ1v) is 7.85. The van der Waals surface area contributed by atoms with Crippen molar-refractivity contribution in [1.29, 1.82) is 0 Å². The highest BCUT2D eigenvalue weighted by atomic mass is 35.5. The van der Waals surface area contributed by atoms with Crippen LogP contribution in [0.1, 0.15) is 45.4 Å². The molecule has 1 atom stereocenters. The lowest BCUT2D eigenvalue weighted by atomic mass is 9.95. The van der Waals surface area contributed by atoms with E-state index in [9.17, 15) is 9.59 Å². The van der Waals surface area contributed by atoms with Gasteiger partial charge in [-0.1, -0.05) is 12.8 Å². The predicted molar refractivity (Wildman–Crippen MR) is 85.5 cm³/mol. The van der Waals surface area contributed by atoms with Gasteiger partial charge in [-0.05, 0) is 38.6 Å². The molecule has 1 saturated heterocycles. The van der Waals surface area contributed by atoms with Gasteiger partial charge < -0.3 is 15.5 Å². The molecule has 122 valence electrons. The Bertz CT molecular complexity index is 351. The number of piperidine rings is 1. The van der Waals surface area contributed by atoms with Crippen LogP contribution >= 0.6 is 12.4 Å². The van der Waals surface area contributed by atoms with Crippen LogP contribution in [0, 0.1) is 5.92 Å². The summed E-state index contributed by atoms with van der Waals surface area (Å²) in [6.45, 7) is 3.10. The van der Waals surface area contributed by atoms with Crippen molar-refractivity contribution in [3.63, 3.8) is 0 Å². The molecule has 0 bridgehead atoms. The largest absolute Gasteiger partial charge is 0.344 e. The van der Waals surface area contributed by atoms with Gasteiger partial charge in [0.05, 0.1) is 0 Å². The number of carbonyl (C=O) groups is 2. The van der Waals surface area contributed by atoms with E-state index in [2.05, 4.69) is 10.6 Å². The Balaban J connectivity index is 0.00000220. The topological polar surface area (TPSA) is 61.4 Å². The molecule has 0 aromatic carbocycles. The smallest absolute Gasteiger partial charge is 0.245 e. The Morgan fingerprint density at radius 3 is 2.14 bits per heavy atom. The van der Waals surface area contributed by atoms with Crippen LogP contribution in [0.4, 0.5) is 0 Å². The molecular weight excluding hydrogens is 290 g/mol. The third-order valence-electron chi connectivity index (χ3n) is 4.71. The van der Waals surface area contributed by atoms with Crippen LogP contribution in [0.25, 0.3) is 0 Å². The SMILES string of the molecule is CNC1CCN(C(=O)C(NC(C)=O)C2CCCC2)CC1.Cl. The molecule has 0 aromatic rings. The number of amides is 2. The average molecular weight is 318 g/mol. The summed E-state index contributed by atoms with van der Waals surface area (Å²) in [5, 5.41) is 6.17. The first-order valence-electron chi connectivity index (χ1n) is 7.85. The van der Waals surface area contributed by atoms with Crippen LogP contribution in [-0.4, -0.2) is 48.9 Å². The van der Waals surface area contributed by atoms with Gasteiger partial charge >= 0.3 is 0 Å². The van der Waals surface area contributed by atoms with Crippen LogP contribution < -0.4 is 10.6 Å². The van der Waals surface area contributed by atoms with E-state index in [0.29, 0.717) is 12.0 Å². The van der Waals surface area contributed by atoms with Crippen LogP contribution in [0.2, 0.25) is 0 Å². The third kappa shape index (κ3) is 4.85. The van der Waals surface area contributed by atoms with Gasteiger partial charge in [-0.2, -0.15) is 0 Å². The van der Waals surface area contributed by atoms with Gasteiger partial charge in [0.15, 0.2) is 0 Å². The minimum Gasteiger partial charge on any atom is -0.344 e. The molecule has 1 saturated carbocycles. The van der Waals surface area contributed by atoms with Gasteiger partial charge in [0.25, 0.3) is 0 Å². The number of halogens is 1. The van der Waals surface area contributed by atoms with E-state index in [1.807, 2.05) is 11.9 Å². The zero-order valence-corrected chi connectivity index (χ0v) is 13.9. The van der Waals surface area contributed by atoms with E-state index in [-0.39, 0.29) is 30.3 Å². The fourth-order valence-electron chi connectivity index (χ4n) is 3.48. The van der Waals surface area contributed by atoms with Crippen molar-refractivity contribution in [3.05, 3.63) is 0 Å². The van der Waals surface area contributed by atoms with Crippen molar-refractivity contribution < 1.29 is 9.59 Å². The molecule has 1 unspecified atom stereocenters. The van der Waals surface area contributed by atoms with Crippen LogP contribution in [0.5, 0.6) is 0 Å². The van der Waals surface area contributed by atoms with Crippen LogP contribution in [-0.2, 0) is 9.59 Å². The Morgan fingerprint density at radius 1 is 1.10 bits per heavy atom. The van der Waals surface area contributed by atoms with Crippen molar-refractivity contribution in [2.75, 3.05) is 20.1 Å². The molecule has 1 aliphatic heterocycles. The van der Waals surface area contributed by atoms with Gasteiger partial charge in [0.1, 0.15) is 6.04 Å². The first-order chi connectivity index (χ1) is 9.61. The number of rotatable bonds is 4. The average Bonchev–Trinajstić information content (AvgIpc) is 2.98. The van der Waals surface area contributed by atoms with Crippen molar-refractivity contribution in [3.8, 4) is 0 Å². The second-order valence-electron chi connectivity index (χ2n) is 6.11. The lowest BCUT2D eigenvalue weighted by Crippen LogP contribution is -2.54. The molecule has 0 aromatic heterocycles. The Morgan fingerprint density at radius 2 is 1.67 bits per heavy atom. The van der Waals surface area contributed by atoms with E-state index >= 15 is 0 Å². The van der Waals surface area contributed by atoms with Gasteiger partial charge in [-0.3, -0.25) is 9.59 Å². The molecule has 1 aliphatic carbocycles. The molecule has 21 heavy (non-hydrogen) atoms. The van der Waals surface area contributed by atoms with Gasteiger partial charge in [-0.25, -0.2) is 0 Å². The summed E-state index contributed by atoms with van der Waals surface area (Å²) in [5.41, 5.74) is 0. The monoisotopic (exact) mass is 317 g/mol. The van der Waals surface area contributed by atoms with E-state index in [1.165, 1.54) is 19.8 Å². The Hall–Kier alpha value is -0.810. The number of hydrogen-bond donors (Lipinski definition) is 2. The Labute approximate surface area is 133 Å². The second-order valence-corrected chi connectivity index (χ2v) is 6.11. The molecule has 2 aliphatic rings. The fourth-order valence-corrected chi connectivity index (χ4v) is 3.48. The maximum absolute atomic E-state index is 12.7. The summed E-state index contributed by atoms with van der Waals surface area (Å²) in [5.74, 6) is 0.357. The molecular formula is C15H28ClN3O2. The number of hydrogen-bond acceptors (Lipinski definition) is 3. The summed E-state index contributed by atoms with van der Waals surface area (Å²) >= 11 is 0. The van der Waals surface area contributed by atoms with Crippen LogP contribution in [0.15, 0.2) is 0 Å². The number of nitrogens with one attached hydrogen (secondary N) is 2.